The number of aromatic nitrogens is 1. The van der Waals surface area contributed by atoms with Gasteiger partial charge in [-0.2, -0.15) is 0 Å². The van der Waals surface area contributed by atoms with Gasteiger partial charge in [0.15, 0.2) is 5.78 Å². The molecule has 4 aromatic rings. The average Bonchev–Trinajstić information content (AvgIpc) is 2.93. The van der Waals surface area contributed by atoms with E-state index in [1.165, 1.54) is 16.5 Å². The van der Waals surface area contributed by atoms with Crippen molar-refractivity contribution in [2.75, 3.05) is 0 Å². The molecule has 1 N–H and O–H groups in total. The number of fused-ring (bicyclic) bond motifs is 3. The molecule has 118 valence electrons. The predicted molar refractivity (Wildman–Crippen MR) is 101 cm³/mol. The number of hydrogen-bond donors (Lipinski definition) is 1. The van der Waals surface area contributed by atoms with Gasteiger partial charge in [-0.05, 0) is 61.2 Å². The standard InChI is InChI=1S/C22H19NO/c1-13-11-19-20(12-14(13)2)23-22-17(15(3)24)9-10-18(21(19)22)16-7-5-4-6-8-16/h4-12,23H,1-3H3. The summed E-state index contributed by atoms with van der Waals surface area (Å²) in [5.41, 5.74) is 7.59. The zero-order chi connectivity index (χ0) is 16.8. The van der Waals surface area contributed by atoms with Gasteiger partial charge in [0.05, 0.1) is 5.52 Å². The zero-order valence-corrected chi connectivity index (χ0v) is 14.1. The summed E-state index contributed by atoms with van der Waals surface area (Å²) in [4.78, 5) is 15.6. The fraction of sp³-hybridized carbons (Fsp3) is 0.136. The van der Waals surface area contributed by atoms with E-state index in [-0.39, 0.29) is 5.78 Å². The minimum absolute atomic E-state index is 0.0830. The number of benzene rings is 3. The summed E-state index contributed by atoms with van der Waals surface area (Å²) in [5, 5.41) is 2.31. The molecule has 0 fully saturated rings. The van der Waals surface area contributed by atoms with E-state index in [0.717, 1.165) is 33.1 Å². The second-order valence-electron chi connectivity index (χ2n) is 6.44. The fourth-order valence-electron chi connectivity index (χ4n) is 3.43. The van der Waals surface area contributed by atoms with E-state index in [1.807, 2.05) is 24.3 Å². The summed E-state index contributed by atoms with van der Waals surface area (Å²) in [6.07, 6.45) is 0. The van der Waals surface area contributed by atoms with Crippen LogP contribution in [0.25, 0.3) is 32.9 Å². The van der Waals surface area contributed by atoms with Crippen molar-refractivity contribution in [3.63, 3.8) is 0 Å². The first kappa shape index (κ1) is 14.7. The SMILES string of the molecule is CC(=O)c1ccc(-c2ccccc2)c2c1[nH]c1cc(C)c(C)cc12. The Morgan fingerprint density at radius 3 is 2.33 bits per heavy atom. The number of Topliss-reactive ketones (excluding diaryl/α,β-unsaturated/α-hetero) is 1. The van der Waals surface area contributed by atoms with E-state index in [4.69, 9.17) is 0 Å². The van der Waals surface area contributed by atoms with Crippen molar-refractivity contribution >= 4 is 27.6 Å². The van der Waals surface area contributed by atoms with Crippen LogP contribution < -0.4 is 0 Å². The lowest BCUT2D eigenvalue weighted by atomic mass is 9.95. The Balaban J connectivity index is 2.20. The molecule has 0 saturated heterocycles. The molecular formula is C22H19NO. The number of carbonyl (C=O) groups excluding carboxylic acids is 1. The van der Waals surface area contributed by atoms with E-state index in [0.29, 0.717) is 0 Å². The first-order valence-corrected chi connectivity index (χ1v) is 8.18. The third kappa shape index (κ3) is 2.15. The highest BCUT2D eigenvalue weighted by Crippen LogP contribution is 2.37. The van der Waals surface area contributed by atoms with Gasteiger partial charge >= 0.3 is 0 Å². The molecule has 3 aromatic carbocycles. The molecule has 4 rings (SSSR count). The van der Waals surface area contributed by atoms with Gasteiger partial charge < -0.3 is 4.98 Å². The highest BCUT2D eigenvalue weighted by molar-refractivity contribution is 6.20. The van der Waals surface area contributed by atoms with Crippen LogP contribution in [0.1, 0.15) is 28.4 Å². The van der Waals surface area contributed by atoms with Crippen molar-refractivity contribution in [2.24, 2.45) is 0 Å². The Labute approximate surface area is 141 Å². The molecule has 0 atom stereocenters. The molecule has 0 amide bonds. The largest absolute Gasteiger partial charge is 0.354 e. The van der Waals surface area contributed by atoms with E-state index >= 15 is 0 Å². The van der Waals surface area contributed by atoms with E-state index in [2.05, 4.69) is 49.2 Å². The number of carbonyl (C=O) groups is 1. The maximum atomic E-state index is 12.1. The Morgan fingerprint density at radius 1 is 0.917 bits per heavy atom. The molecule has 2 nitrogen and oxygen atoms in total. The first-order chi connectivity index (χ1) is 11.6. The Kier molecular flexibility index (Phi) is 3.27. The van der Waals surface area contributed by atoms with Crippen LogP contribution in [0.3, 0.4) is 0 Å². The first-order valence-electron chi connectivity index (χ1n) is 8.18. The van der Waals surface area contributed by atoms with Gasteiger partial charge in [0.2, 0.25) is 0 Å². The van der Waals surface area contributed by atoms with Gasteiger partial charge in [-0.25, -0.2) is 0 Å². The van der Waals surface area contributed by atoms with Crippen molar-refractivity contribution < 1.29 is 4.79 Å². The van der Waals surface area contributed by atoms with Crippen LogP contribution in [0.15, 0.2) is 54.6 Å². The molecule has 1 heterocycles. The second kappa shape index (κ2) is 5.34. The van der Waals surface area contributed by atoms with Crippen LogP contribution in [0.2, 0.25) is 0 Å². The second-order valence-corrected chi connectivity index (χ2v) is 6.44. The Morgan fingerprint density at radius 2 is 1.62 bits per heavy atom. The lowest BCUT2D eigenvalue weighted by molar-refractivity contribution is 0.101. The highest BCUT2D eigenvalue weighted by atomic mass is 16.1. The summed E-state index contributed by atoms with van der Waals surface area (Å²) in [7, 11) is 0. The van der Waals surface area contributed by atoms with Gasteiger partial charge in [0.1, 0.15) is 0 Å². The minimum Gasteiger partial charge on any atom is -0.354 e. The van der Waals surface area contributed by atoms with Crippen molar-refractivity contribution in [3.05, 3.63) is 71.3 Å². The van der Waals surface area contributed by atoms with Gasteiger partial charge in [0.25, 0.3) is 0 Å². The molecule has 0 aliphatic rings. The van der Waals surface area contributed by atoms with Crippen LogP contribution in [0.5, 0.6) is 0 Å². The summed E-state index contributed by atoms with van der Waals surface area (Å²) in [6, 6.07) is 18.7. The van der Waals surface area contributed by atoms with Crippen molar-refractivity contribution in [1.82, 2.24) is 4.98 Å². The molecule has 0 bridgehead atoms. The molecular weight excluding hydrogens is 294 g/mol. The number of rotatable bonds is 2. The molecule has 0 spiro atoms. The number of nitrogens with one attached hydrogen (secondary N) is 1. The van der Waals surface area contributed by atoms with Crippen LogP contribution >= 0.6 is 0 Å². The van der Waals surface area contributed by atoms with Crippen LogP contribution in [-0.2, 0) is 0 Å². The lowest BCUT2D eigenvalue weighted by Gasteiger charge is -2.07. The van der Waals surface area contributed by atoms with Gasteiger partial charge in [-0.15, -0.1) is 0 Å². The van der Waals surface area contributed by atoms with Gasteiger partial charge in [0, 0.05) is 21.9 Å². The number of aromatic amines is 1. The van der Waals surface area contributed by atoms with E-state index in [1.54, 1.807) is 6.92 Å². The molecule has 2 heteroatoms. The monoisotopic (exact) mass is 313 g/mol. The average molecular weight is 313 g/mol. The third-order valence-corrected chi connectivity index (χ3v) is 4.83. The Hall–Kier alpha value is -2.87. The maximum absolute atomic E-state index is 12.1. The third-order valence-electron chi connectivity index (χ3n) is 4.83. The van der Waals surface area contributed by atoms with Crippen LogP contribution in [-0.4, -0.2) is 10.8 Å². The normalized spacial score (nSPS) is 11.3. The van der Waals surface area contributed by atoms with Crippen molar-refractivity contribution in [2.45, 2.75) is 20.8 Å². The fourth-order valence-corrected chi connectivity index (χ4v) is 3.43. The summed E-state index contributed by atoms with van der Waals surface area (Å²) < 4.78 is 0. The molecule has 0 saturated carbocycles. The summed E-state index contributed by atoms with van der Waals surface area (Å²) in [5.74, 6) is 0.0830. The van der Waals surface area contributed by atoms with Gasteiger partial charge in [-0.3, -0.25) is 4.79 Å². The minimum atomic E-state index is 0.0830. The molecule has 0 aliphatic carbocycles. The van der Waals surface area contributed by atoms with Crippen LogP contribution in [0, 0.1) is 13.8 Å². The number of ketones is 1. The number of aryl methyl sites for hydroxylation is 2. The summed E-state index contributed by atoms with van der Waals surface area (Å²) in [6.45, 7) is 5.87. The van der Waals surface area contributed by atoms with Crippen molar-refractivity contribution in [1.29, 1.82) is 0 Å². The molecule has 0 unspecified atom stereocenters. The molecule has 0 aliphatic heterocycles. The molecule has 0 radical (unpaired) electrons. The zero-order valence-electron chi connectivity index (χ0n) is 14.1. The predicted octanol–water partition coefficient (Wildman–Crippen LogP) is 5.81. The summed E-state index contributed by atoms with van der Waals surface area (Å²) >= 11 is 0. The van der Waals surface area contributed by atoms with Gasteiger partial charge in [-0.1, -0.05) is 36.4 Å². The number of H-pyrrole nitrogens is 1. The van der Waals surface area contributed by atoms with Crippen molar-refractivity contribution in [3.8, 4) is 11.1 Å². The Bertz CT molecular complexity index is 1090. The maximum Gasteiger partial charge on any atom is 0.161 e. The molecule has 1 aromatic heterocycles. The van der Waals surface area contributed by atoms with Crippen LogP contribution in [0.4, 0.5) is 0 Å². The topological polar surface area (TPSA) is 32.9 Å². The lowest BCUT2D eigenvalue weighted by Crippen LogP contribution is -1.94. The van der Waals surface area contributed by atoms with E-state index < -0.39 is 0 Å². The quantitative estimate of drug-likeness (QED) is 0.466. The smallest absolute Gasteiger partial charge is 0.161 e. The number of hydrogen-bond acceptors (Lipinski definition) is 1. The highest BCUT2D eigenvalue weighted by Gasteiger charge is 2.16. The molecule has 24 heavy (non-hydrogen) atoms. The van der Waals surface area contributed by atoms with E-state index in [9.17, 15) is 4.79 Å².